The van der Waals surface area contributed by atoms with Crippen LogP contribution in [0.2, 0.25) is 0 Å². The first-order valence-corrected chi connectivity index (χ1v) is 11.6. The van der Waals surface area contributed by atoms with Crippen molar-refractivity contribution in [3.05, 3.63) is 101 Å². The summed E-state index contributed by atoms with van der Waals surface area (Å²) in [5, 5.41) is 0. The van der Waals surface area contributed by atoms with Gasteiger partial charge in [0.25, 0.3) is 0 Å². The fourth-order valence-corrected chi connectivity index (χ4v) is 3.53. The van der Waals surface area contributed by atoms with Crippen LogP contribution in [0.3, 0.4) is 0 Å². The number of unbranched alkanes of at least 4 members (excludes halogenated alkanes) is 2. The van der Waals surface area contributed by atoms with Gasteiger partial charge in [-0.1, -0.05) is 118 Å². The van der Waals surface area contributed by atoms with Crippen LogP contribution in [0.1, 0.15) is 61.8 Å². The Morgan fingerprint density at radius 1 is 0.516 bits per heavy atom. The van der Waals surface area contributed by atoms with Crippen molar-refractivity contribution in [1.82, 2.24) is 0 Å². The van der Waals surface area contributed by atoms with Crippen LogP contribution >= 0.6 is 0 Å². The van der Waals surface area contributed by atoms with Crippen LogP contribution in [0, 0.1) is 0 Å². The van der Waals surface area contributed by atoms with Crippen molar-refractivity contribution in [3.8, 4) is 0 Å². The normalized spacial score (nSPS) is 11.4. The van der Waals surface area contributed by atoms with E-state index < -0.39 is 0 Å². The average Bonchev–Trinajstić information content (AvgIpc) is 2.83. The van der Waals surface area contributed by atoms with Crippen molar-refractivity contribution in [2.75, 3.05) is 18.0 Å². The number of hydrogen-bond acceptors (Lipinski definition) is 1. The first kappa shape index (κ1) is 22.6. The van der Waals surface area contributed by atoms with Crippen molar-refractivity contribution in [2.45, 2.75) is 39.5 Å². The number of rotatable bonds is 11. The zero-order valence-corrected chi connectivity index (χ0v) is 19.0. The molecule has 0 aliphatic rings. The second-order valence-electron chi connectivity index (χ2n) is 8.03. The van der Waals surface area contributed by atoms with Gasteiger partial charge in [-0.15, -0.1) is 0 Å². The van der Waals surface area contributed by atoms with E-state index in [0.717, 1.165) is 13.1 Å². The number of hydrogen-bond donors (Lipinski definition) is 0. The van der Waals surface area contributed by atoms with Gasteiger partial charge in [-0.05, 0) is 47.2 Å². The van der Waals surface area contributed by atoms with E-state index in [9.17, 15) is 0 Å². The fraction of sp³-hybridized carbons (Fsp3) is 0.267. The van der Waals surface area contributed by atoms with E-state index in [0.29, 0.717) is 0 Å². The van der Waals surface area contributed by atoms with E-state index in [1.807, 2.05) is 6.07 Å². The molecule has 0 bridgehead atoms. The maximum absolute atomic E-state index is 2.53. The van der Waals surface area contributed by atoms with E-state index in [1.54, 1.807) is 0 Å². The summed E-state index contributed by atoms with van der Waals surface area (Å²) < 4.78 is 0. The van der Waals surface area contributed by atoms with Gasteiger partial charge in [0.05, 0.1) is 0 Å². The Morgan fingerprint density at radius 3 is 1.32 bits per heavy atom. The van der Waals surface area contributed by atoms with Crippen LogP contribution in [0.15, 0.2) is 78.9 Å². The van der Waals surface area contributed by atoms with Crippen molar-refractivity contribution < 1.29 is 0 Å². The topological polar surface area (TPSA) is 3.24 Å². The molecule has 0 N–H and O–H groups in total. The Bertz CT molecular complexity index is 926. The molecule has 0 heterocycles. The molecule has 0 fully saturated rings. The molecule has 31 heavy (non-hydrogen) atoms. The van der Waals surface area contributed by atoms with Crippen LogP contribution in [0.25, 0.3) is 24.3 Å². The van der Waals surface area contributed by atoms with E-state index in [2.05, 4.69) is 116 Å². The lowest BCUT2D eigenvalue weighted by atomic mass is 10.1. The summed E-state index contributed by atoms with van der Waals surface area (Å²) in [4.78, 5) is 2.53. The number of benzene rings is 3. The van der Waals surface area contributed by atoms with Gasteiger partial charge in [-0.3, -0.25) is 0 Å². The SMILES string of the molecule is CCCCN(CCCC)c1ccc(/C=C/c2ccc(/C=C/c3ccccc3)cc2)cc1. The highest BCUT2D eigenvalue weighted by Gasteiger charge is 2.05. The van der Waals surface area contributed by atoms with Crippen LogP contribution in [0.4, 0.5) is 5.69 Å². The maximum Gasteiger partial charge on any atom is 0.0366 e. The predicted octanol–water partition coefficient (Wildman–Crippen LogP) is 8.43. The smallest absolute Gasteiger partial charge is 0.0366 e. The summed E-state index contributed by atoms with van der Waals surface area (Å²) in [5.74, 6) is 0. The summed E-state index contributed by atoms with van der Waals surface area (Å²) in [6.45, 7) is 6.82. The third-order valence-electron chi connectivity index (χ3n) is 5.49. The molecule has 3 aromatic rings. The standard InChI is InChI=1S/C30H35N/c1-3-5-24-31(25-6-4-2)30-22-20-29(21-23-30)19-18-28-16-14-27(15-17-28)13-12-26-10-8-7-9-11-26/h7-23H,3-6,24-25H2,1-2H3/b13-12+,19-18+. The lowest BCUT2D eigenvalue weighted by Crippen LogP contribution is -2.25. The molecule has 0 aliphatic carbocycles. The monoisotopic (exact) mass is 409 g/mol. The highest BCUT2D eigenvalue weighted by molar-refractivity contribution is 5.73. The van der Waals surface area contributed by atoms with E-state index in [-0.39, 0.29) is 0 Å². The van der Waals surface area contributed by atoms with Gasteiger partial charge in [0.1, 0.15) is 0 Å². The second kappa shape index (κ2) is 12.6. The quantitative estimate of drug-likeness (QED) is 0.287. The van der Waals surface area contributed by atoms with Crippen molar-refractivity contribution >= 4 is 30.0 Å². The fourth-order valence-electron chi connectivity index (χ4n) is 3.53. The maximum atomic E-state index is 2.53. The third-order valence-corrected chi connectivity index (χ3v) is 5.49. The molecule has 0 aliphatic heterocycles. The largest absolute Gasteiger partial charge is 0.372 e. The minimum Gasteiger partial charge on any atom is -0.372 e. The van der Waals surface area contributed by atoms with Gasteiger partial charge in [0.15, 0.2) is 0 Å². The Morgan fingerprint density at radius 2 is 0.903 bits per heavy atom. The molecule has 0 unspecified atom stereocenters. The molecule has 0 amide bonds. The van der Waals surface area contributed by atoms with Crippen LogP contribution < -0.4 is 4.90 Å². The van der Waals surface area contributed by atoms with E-state index in [4.69, 9.17) is 0 Å². The van der Waals surface area contributed by atoms with Crippen molar-refractivity contribution in [2.24, 2.45) is 0 Å². The Kier molecular flexibility index (Phi) is 9.19. The molecule has 0 aromatic heterocycles. The molecule has 1 heteroatoms. The first-order chi connectivity index (χ1) is 15.3. The summed E-state index contributed by atoms with van der Waals surface area (Å²) >= 11 is 0. The molecule has 0 spiro atoms. The van der Waals surface area contributed by atoms with Gasteiger partial charge in [0, 0.05) is 18.8 Å². The number of nitrogens with zero attached hydrogens (tertiary/aromatic N) is 1. The van der Waals surface area contributed by atoms with Gasteiger partial charge in [-0.2, -0.15) is 0 Å². The average molecular weight is 410 g/mol. The van der Waals surface area contributed by atoms with Crippen LogP contribution in [-0.2, 0) is 0 Å². The van der Waals surface area contributed by atoms with Gasteiger partial charge >= 0.3 is 0 Å². The summed E-state index contributed by atoms with van der Waals surface area (Å²) in [5.41, 5.74) is 6.23. The van der Waals surface area contributed by atoms with Crippen LogP contribution in [0.5, 0.6) is 0 Å². The number of anilines is 1. The predicted molar refractivity (Wildman–Crippen MR) is 139 cm³/mol. The Labute approximate surface area is 188 Å². The van der Waals surface area contributed by atoms with Gasteiger partial charge in [-0.25, -0.2) is 0 Å². The highest BCUT2D eigenvalue weighted by Crippen LogP contribution is 2.19. The van der Waals surface area contributed by atoms with E-state index in [1.165, 1.54) is 53.6 Å². The van der Waals surface area contributed by atoms with Gasteiger partial charge in [0.2, 0.25) is 0 Å². The zero-order valence-electron chi connectivity index (χ0n) is 19.0. The molecule has 160 valence electrons. The summed E-state index contributed by atoms with van der Waals surface area (Å²) in [6, 6.07) is 28.1. The molecular formula is C30H35N. The molecule has 0 radical (unpaired) electrons. The van der Waals surface area contributed by atoms with Crippen molar-refractivity contribution in [3.63, 3.8) is 0 Å². The Balaban J connectivity index is 1.60. The lowest BCUT2D eigenvalue weighted by molar-refractivity contribution is 0.678. The summed E-state index contributed by atoms with van der Waals surface area (Å²) in [7, 11) is 0. The molecule has 1 nitrogen and oxygen atoms in total. The minimum absolute atomic E-state index is 1.15. The molecule has 0 saturated heterocycles. The first-order valence-electron chi connectivity index (χ1n) is 11.6. The Hall–Kier alpha value is -3.06. The molecule has 3 aromatic carbocycles. The lowest BCUT2D eigenvalue weighted by Gasteiger charge is -2.24. The van der Waals surface area contributed by atoms with E-state index >= 15 is 0 Å². The highest BCUT2D eigenvalue weighted by atomic mass is 15.1. The minimum atomic E-state index is 1.15. The molecule has 3 rings (SSSR count). The zero-order chi connectivity index (χ0) is 21.7. The molecule has 0 atom stereocenters. The van der Waals surface area contributed by atoms with Crippen molar-refractivity contribution in [1.29, 1.82) is 0 Å². The second-order valence-corrected chi connectivity index (χ2v) is 8.03. The molecular weight excluding hydrogens is 374 g/mol. The van der Waals surface area contributed by atoms with Crippen LogP contribution in [-0.4, -0.2) is 13.1 Å². The third kappa shape index (κ3) is 7.61. The summed E-state index contributed by atoms with van der Waals surface area (Å²) in [6.07, 6.45) is 13.7. The van der Waals surface area contributed by atoms with Gasteiger partial charge < -0.3 is 4.90 Å². The molecule has 0 saturated carbocycles.